The second-order valence-corrected chi connectivity index (χ2v) is 9.08. The average molecular weight is 330 g/mol. The summed E-state index contributed by atoms with van der Waals surface area (Å²) in [6.45, 7) is 3.52. The van der Waals surface area contributed by atoms with Crippen LogP contribution in [0.3, 0.4) is 0 Å². The van der Waals surface area contributed by atoms with Gasteiger partial charge in [0.05, 0.1) is 0 Å². The number of aliphatic hydroxyl groups is 1. The van der Waals surface area contributed by atoms with Crippen molar-refractivity contribution in [2.75, 3.05) is 32.8 Å². The van der Waals surface area contributed by atoms with Crippen LogP contribution >= 0.6 is 11.3 Å². The minimum Gasteiger partial charge on any atom is -0.396 e. The summed E-state index contributed by atoms with van der Waals surface area (Å²) >= 11 is 1.28. The van der Waals surface area contributed by atoms with Crippen LogP contribution in [0.25, 0.3) is 0 Å². The Bertz CT molecular complexity index is 579. The van der Waals surface area contributed by atoms with Gasteiger partial charge in [0.2, 0.25) is 0 Å². The quantitative estimate of drug-likeness (QED) is 0.879. The van der Waals surface area contributed by atoms with E-state index in [1.807, 2.05) is 6.07 Å². The van der Waals surface area contributed by atoms with Crippen LogP contribution in [0.4, 0.5) is 0 Å². The molecule has 0 saturated carbocycles. The molecule has 1 aromatic rings. The van der Waals surface area contributed by atoms with Crippen LogP contribution in [0.2, 0.25) is 0 Å². The van der Waals surface area contributed by atoms with Gasteiger partial charge in [-0.15, -0.1) is 11.3 Å². The maximum atomic E-state index is 12.7. The Kier molecular flexibility index (Phi) is 4.66. The summed E-state index contributed by atoms with van der Waals surface area (Å²) in [5.74, 6) is 0. The first-order chi connectivity index (χ1) is 10.1. The van der Waals surface area contributed by atoms with E-state index in [4.69, 9.17) is 5.11 Å². The molecule has 1 atom stereocenters. The molecule has 3 heterocycles. The van der Waals surface area contributed by atoms with E-state index in [1.54, 1.807) is 10.4 Å². The fraction of sp³-hybridized carbons (Fsp3) is 0.714. The summed E-state index contributed by atoms with van der Waals surface area (Å²) in [5, 5.41) is 8.94. The van der Waals surface area contributed by atoms with Gasteiger partial charge in [0.1, 0.15) is 4.21 Å². The predicted molar refractivity (Wildman–Crippen MR) is 83.1 cm³/mol. The highest BCUT2D eigenvalue weighted by Gasteiger charge is 2.36. The first-order valence-electron chi connectivity index (χ1n) is 7.55. The highest BCUT2D eigenvalue weighted by Crippen LogP contribution is 2.29. The molecule has 1 N–H and O–H groups in total. The zero-order chi connectivity index (χ0) is 14.9. The fourth-order valence-corrected chi connectivity index (χ4v) is 6.19. The van der Waals surface area contributed by atoms with Gasteiger partial charge in [-0.25, -0.2) is 8.42 Å². The molecule has 2 aliphatic heterocycles. The van der Waals surface area contributed by atoms with E-state index in [9.17, 15) is 8.42 Å². The van der Waals surface area contributed by atoms with Crippen LogP contribution in [0, 0.1) is 0 Å². The molecule has 1 aromatic heterocycles. The van der Waals surface area contributed by atoms with Gasteiger partial charge in [-0.2, -0.15) is 4.31 Å². The maximum absolute atomic E-state index is 12.7. The number of hydrogen-bond donors (Lipinski definition) is 1. The average Bonchev–Trinajstić information content (AvgIpc) is 3.20. The van der Waals surface area contributed by atoms with Gasteiger partial charge in [-0.05, 0) is 44.5 Å². The lowest BCUT2D eigenvalue weighted by Gasteiger charge is -2.23. The van der Waals surface area contributed by atoms with Crippen molar-refractivity contribution in [3.8, 4) is 0 Å². The molecular formula is C14H22N2O3S2. The van der Waals surface area contributed by atoms with Gasteiger partial charge in [0.15, 0.2) is 0 Å². The summed E-state index contributed by atoms with van der Waals surface area (Å²) in [6.07, 6.45) is 3.93. The van der Waals surface area contributed by atoms with Crippen molar-refractivity contribution in [1.29, 1.82) is 0 Å². The molecule has 2 saturated heterocycles. The van der Waals surface area contributed by atoms with E-state index in [-0.39, 0.29) is 6.61 Å². The van der Waals surface area contributed by atoms with Gasteiger partial charge in [-0.1, -0.05) is 0 Å². The Morgan fingerprint density at radius 2 is 2.00 bits per heavy atom. The third-order valence-electron chi connectivity index (χ3n) is 4.37. The van der Waals surface area contributed by atoms with Crippen molar-refractivity contribution in [1.82, 2.24) is 9.21 Å². The molecule has 0 aliphatic carbocycles. The SMILES string of the molecule is O=S(=O)(c1ccc(CCO)s1)N1CCC(N2CCCC2)C1. The smallest absolute Gasteiger partial charge is 0.252 e. The van der Waals surface area contributed by atoms with Crippen molar-refractivity contribution in [3.05, 3.63) is 17.0 Å². The van der Waals surface area contributed by atoms with E-state index in [2.05, 4.69) is 4.90 Å². The third-order valence-corrected chi connectivity index (χ3v) is 7.85. The Labute approximate surface area is 130 Å². The Hall–Kier alpha value is -0.470. The zero-order valence-electron chi connectivity index (χ0n) is 12.1. The molecular weight excluding hydrogens is 308 g/mol. The van der Waals surface area contributed by atoms with Crippen molar-refractivity contribution in [2.24, 2.45) is 0 Å². The predicted octanol–water partition coefficient (Wildman–Crippen LogP) is 1.14. The first-order valence-corrected chi connectivity index (χ1v) is 9.80. The molecule has 0 amide bonds. The largest absolute Gasteiger partial charge is 0.396 e. The van der Waals surface area contributed by atoms with Crippen LogP contribution in [-0.2, 0) is 16.4 Å². The minimum absolute atomic E-state index is 0.0563. The molecule has 2 fully saturated rings. The molecule has 5 nitrogen and oxygen atoms in total. The molecule has 0 aromatic carbocycles. The van der Waals surface area contributed by atoms with Crippen LogP contribution < -0.4 is 0 Å². The number of hydrogen-bond acceptors (Lipinski definition) is 5. The Morgan fingerprint density at radius 3 is 2.71 bits per heavy atom. The number of aliphatic hydroxyl groups excluding tert-OH is 1. The number of sulfonamides is 1. The summed E-state index contributed by atoms with van der Waals surface area (Å²) in [6, 6.07) is 3.87. The lowest BCUT2D eigenvalue weighted by molar-refractivity contribution is 0.251. The van der Waals surface area contributed by atoms with Crippen LogP contribution in [-0.4, -0.2) is 61.6 Å². The fourth-order valence-electron chi connectivity index (χ4n) is 3.20. The molecule has 7 heteroatoms. The lowest BCUT2D eigenvalue weighted by Crippen LogP contribution is -2.36. The normalized spacial score (nSPS) is 24.9. The van der Waals surface area contributed by atoms with E-state index >= 15 is 0 Å². The standard InChI is InChI=1S/C14H22N2O3S2/c17-10-6-13-3-4-14(20-13)21(18,19)16-9-5-12(11-16)15-7-1-2-8-15/h3-4,12,17H,1-2,5-11H2. The minimum atomic E-state index is -3.36. The van der Waals surface area contributed by atoms with Crippen LogP contribution in [0.15, 0.2) is 16.3 Å². The number of thiophene rings is 1. The van der Waals surface area contributed by atoms with Gasteiger partial charge >= 0.3 is 0 Å². The second kappa shape index (κ2) is 6.34. The van der Waals surface area contributed by atoms with E-state index in [0.717, 1.165) is 24.4 Å². The molecule has 0 radical (unpaired) electrons. The Morgan fingerprint density at radius 1 is 1.24 bits per heavy atom. The molecule has 3 rings (SSSR count). The molecule has 2 aliphatic rings. The highest BCUT2D eigenvalue weighted by atomic mass is 32.2. The lowest BCUT2D eigenvalue weighted by atomic mass is 10.2. The molecule has 1 unspecified atom stereocenters. The van der Waals surface area contributed by atoms with Crippen molar-refractivity contribution < 1.29 is 13.5 Å². The molecule has 0 bridgehead atoms. The summed E-state index contributed by atoms with van der Waals surface area (Å²) < 4.78 is 27.4. The van der Waals surface area contributed by atoms with Crippen molar-refractivity contribution >= 4 is 21.4 Å². The number of rotatable bonds is 5. The van der Waals surface area contributed by atoms with Gasteiger partial charge in [-0.3, -0.25) is 4.90 Å². The van der Waals surface area contributed by atoms with Crippen molar-refractivity contribution in [3.63, 3.8) is 0 Å². The van der Waals surface area contributed by atoms with Crippen molar-refractivity contribution in [2.45, 2.75) is 35.9 Å². The number of likely N-dealkylation sites (tertiary alicyclic amines) is 1. The monoisotopic (exact) mass is 330 g/mol. The maximum Gasteiger partial charge on any atom is 0.252 e. The molecule has 0 spiro atoms. The highest BCUT2D eigenvalue weighted by molar-refractivity contribution is 7.91. The second-order valence-electron chi connectivity index (χ2n) is 5.74. The van der Waals surface area contributed by atoms with Gasteiger partial charge in [0.25, 0.3) is 10.0 Å². The van der Waals surface area contributed by atoms with Crippen LogP contribution in [0.5, 0.6) is 0 Å². The summed E-state index contributed by atoms with van der Waals surface area (Å²) in [5.41, 5.74) is 0. The summed E-state index contributed by atoms with van der Waals surface area (Å²) in [4.78, 5) is 3.35. The first kappa shape index (κ1) is 15.4. The summed E-state index contributed by atoms with van der Waals surface area (Å²) in [7, 11) is -3.36. The Balaban J connectivity index is 1.70. The van der Waals surface area contributed by atoms with Crippen LogP contribution in [0.1, 0.15) is 24.1 Å². The van der Waals surface area contributed by atoms with Gasteiger partial charge in [0, 0.05) is 37.0 Å². The van der Waals surface area contributed by atoms with E-state index in [1.165, 1.54) is 24.2 Å². The molecule has 118 valence electrons. The van der Waals surface area contributed by atoms with E-state index in [0.29, 0.717) is 29.8 Å². The topological polar surface area (TPSA) is 60.9 Å². The van der Waals surface area contributed by atoms with E-state index < -0.39 is 10.0 Å². The number of nitrogens with zero attached hydrogens (tertiary/aromatic N) is 2. The van der Waals surface area contributed by atoms with Gasteiger partial charge < -0.3 is 5.11 Å². The third kappa shape index (κ3) is 3.17. The molecule has 21 heavy (non-hydrogen) atoms. The zero-order valence-corrected chi connectivity index (χ0v) is 13.7.